The molecule has 1 heterocycles. The third-order valence-corrected chi connectivity index (χ3v) is 3.41. The van der Waals surface area contributed by atoms with Crippen LogP contribution in [0.1, 0.15) is 28.9 Å². The fraction of sp³-hybridized carbons (Fsp3) is 0.412. The minimum atomic E-state index is 0. The Morgan fingerprint density at radius 1 is 1.13 bits per heavy atom. The Hall–Kier alpha value is -1.57. The summed E-state index contributed by atoms with van der Waals surface area (Å²) in [6.45, 7) is 9.76. The number of hydrogen-bond acceptors (Lipinski definition) is 2. The van der Waals surface area contributed by atoms with Crippen LogP contribution in [0, 0.1) is 27.7 Å². The van der Waals surface area contributed by atoms with Gasteiger partial charge in [-0.1, -0.05) is 6.07 Å². The predicted molar refractivity (Wildman–Crippen MR) is 108 cm³/mol. The van der Waals surface area contributed by atoms with Crippen LogP contribution in [-0.2, 0) is 6.54 Å². The van der Waals surface area contributed by atoms with Crippen LogP contribution in [0.5, 0.6) is 0 Å². The van der Waals surface area contributed by atoms with Crippen molar-refractivity contribution in [1.29, 1.82) is 0 Å². The molecule has 0 saturated heterocycles. The molecule has 5 nitrogen and oxygen atoms in total. The SMILES string of the molecule is Cc1cc(C)cc(NC(N)=NCCCn2nc(C)cc2C)c1.I. The Bertz CT molecular complexity index is 655. The minimum Gasteiger partial charge on any atom is -0.370 e. The van der Waals surface area contributed by atoms with Gasteiger partial charge >= 0.3 is 0 Å². The van der Waals surface area contributed by atoms with Gasteiger partial charge in [-0.25, -0.2) is 0 Å². The van der Waals surface area contributed by atoms with E-state index in [4.69, 9.17) is 5.73 Å². The highest BCUT2D eigenvalue weighted by atomic mass is 127. The van der Waals surface area contributed by atoms with Crippen molar-refractivity contribution in [2.75, 3.05) is 11.9 Å². The predicted octanol–water partition coefficient (Wildman–Crippen LogP) is 3.55. The molecule has 2 rings (SSSR count). The number of nitrogens with two attached hydrogens (primary N) is 1. The molecule has 0 fully saturated rings. The molecule has 0 aliphatic heterocycles. The number of aryl methyl sites for hydroxylation is 5. The lowest BCUT2D eigenvalue weighted by Gasteiger charge is -2.08. The van der Waals surface area contributed by atoms with Crippen molar-refractivity contribution in [2.45, 2.75) is 40.7 Å². The molecular formula is C17H26IN5. The lowest BCUT2D eigenvalue weighted by atomic mass is 10.1. The van der Waals surface area contributed by atoms with E-state index in [1.54, 1.807) is 0 Å². The van der Waals surface area contributed by atoms with E-state index in [1.165, 1.54) is 16.8 Å². The average Bonchev–Trinajstić information content (AvgIpc) is 2.72. The lowest BCUT2D eigenvalue weighted by Crippen LogP contribution is -2.23. The van der Waals surface area contributed by atoms with Crippen LogP contribution in [0.3, 0.4) is 0 Å². The Balaban J connectivity index is 0.00000264. The van der Waals surface area contributed by atoms with Gasteiger partial charge in [-0.05, 0) is 63.4 Å². The van der Waals surface area contributed by atoms with Crippen molar-refractivity contribution in [3.63, 3.8) is 0 Å². The maximum absolute atomic E-state index is 5.94. The van der Waals surface area contributed by atoms with Crippen LogP contribution in [0.15, 0.2) is 29.3 Å². The summed E-state index contributed by atoms with van der Waals surface area (Å²) in [6, 6.07) is 8.34. The van der Waals surface area contributed by atoms with Gasteiger partial charge in [0.1, 0.15) is 0 Å². The number of anilines is 1. The van der Waals surface area contributed by atoms with E-state index in [-0.39, 0.29) is 24.0 Å². The zero-order chi connectivity index (χ0) is 16.1. The molecule has 0 spiro atoms. The van der Waals surface area contributed by atoms with Crippen LogP contribution < -0.4 is 11.1 Å². The van der Waals surface area contributed by atoms with Crippen LogP contribution >= 0.6 is 24.0 Å². The second kappa shape index (κ2) is 8.90. The molecule has 3 N–H and O–H groups in total. The van der Waals surface area contributed by atoms with Crippen molar-refractivity contribution in [3.05, 3.63) is 46.8 Å². The Morgan fingerprint density at radius 3 is 2.35 bits per heavy atom. The number of aliphatic imine (C=N–C) groups is 1. The van der Waals surface area contributed by atoms with E-state index < -0.39 is 0 Å². The van der Waals surface area contributed by atoms with Gasteiger partial charge in [0, 0.05) is 24.5 Å². The van der Waals surface area contributed by atoms with Gasteiger partial charge in [0.25, 0.3) is 0 Å². The normalized spacial score (nSPS) is 11.2. The summed E-state index contributed by atoms with van der Waals surface area (Å²) in [7, 11) is 0. The zero-order valence-corrected chi connectivity index (χ0v) is 16.6. The first-order valence-electron chi connectivity index (χ1n) is 7.60. The molecule has 1 aromatic heterocycles. The second-order valence-corrected chi connectivity index (χ2v) is 5.77. The fourth-order valence-corrected chi connectivity index (χ4v) is 2.56. The molecule has 0 atom stereocenters. The number of aromatic nitrogens is 2. The number of nitrogens with one attached hydrogen (secondary N) is 1. The monoisotopic (exact) mass is 427 g/mol. The number of hydrogen-bond donors (Lipinski definition) is 2. The highest BCUT2D eigenvalue weighted by Gasteiger charge is 2.00. The number of benzene rings is 1. The first-order valence-corrected chi connectivity index (χ1v) is 7.60. The van der Waals surface area contributed by atoms with Crippen molar-refractivity contribution in [2.24, 2.45) is 10.7 Å². The van der Waals surface area contributed by atoms with Crippen molar-refractivity contribution in [1.82, 2.24) is 9.78 Å². The number of guanidine groups is 1. The molecule has 0 aliphatic carbocycles. The fourth-order valence-electron chi connectivity index (χ4n) is 2.56. The third-order valence-electron chi connectivity index (χ3n) is 3.41. The van der Waals surface area contributed by atoms with Crippen molar-refractivity contribution in [3.8, 4) is 0 Å². The molecule has 2 aromatic rings. The summed E-state index contributed by atoms with van der Waals surface area (Å²) in [6.07, 6.45) is 0.914. The van der Waals surface area contributed by atoms with Crippen LogP contribution in [0.2, 0.25) is 0 Å². The summed E-state index contributed by atoms with van der Waals surface area (Å²) in [4.78, 5) is 4.37. The van der Waals surface area contributed by atoms with Gasteiger partial charge in [0.2, 0.25) is 0 Å². The van der Waals surface area contributed by atoms with E-state index in [0.717, 1.165) is 24.3 Å². The molecule has 23 heavy (non-hydrogen) atoms. The van der Waals surface area contributed by atoms with Crippen LogP contribution in [0.4, 0.5) is 5.69 Å². The zero-order valence-electron chi connectivity index (χ0n) is 14.3. The van der Waals surface area contributed by atoms with Gasteiger partial charge in [0.05, 0.1) is 5.69 Å². The van der Waals surface area contributed by atoms with E-state index in [1.807, 2.05) is 11.6 Å². The minimum absolute atomic E-state index is 0. The van der Waals surface area contributed by atoms with Gasteiger partial charge in [-0.2, -0.15) is 5.10 Å². The summed E-state index contributed by atoms with van der Waals surface area (Å²) in [5, 5.41) is 7.58. The summed E-state index contributed by atoms with van der Waals surface area (Å²) in [5.74, 6) is 0.457. The highest BCUT2D eigenvalue weighted by Crippen LogP contribution is 2.13. The molecule has 6 heteroatoms. The standard InChI is InChI=1S/C17H25N5.HI/c1-12-8-13(2)10-16(9-12)20-17(18)19-6-5-7-22-15(4)11-14(3)21-22;/h8-11H,5-7H2,1-4H3,(H3,18,19,20);1H. The quantitative estimate of drug-likeness (QED) is 0.332. The maximum atomic E-state index is 5.94. The number of nitrogens with zero attached hydrogens (tertiary/aromatic N) is 3. The molecule has 126 valence electrons. The number of halogens is 1. The van der Waals surface area contributed by atoms with E-state index in [9.17, 15) is 0 Å². The summed E-state index contributed by atoms with van der Waals surface area (Å²) < 4.78 is 2.01. The first kappa shape index (κ1) is 19.5. The molecule has 1 aromatic carbocycles. The van der Waals surface area contributed by atoms with Crippen molar-refractivity contribution >= 4 is 35.6 Å². The lowest BCUT2D eigenvalue weighted by molar-refractivity contribution is 0.568. The smallest absolute Gasteiger partial charge is 0.193 e. The Morgan fingerprint density at radius 2 is 1.78 bits per heavy atom. The van der Waals surface area contributed by atoms with Gasteiger partial charge < -0.3 is 11.1 Å². The van der Waals surface area contributed by atoms with Gasteiger partial charge in [-0.15, -0.1) is 24.0 Å². The summed E-state index contributed by atoms with van der Waals surface area (Å²) in [5.41, 5.74) is 11.6. The third kappa shape index (κ3) is 6.21. The van der Waals surface area contributed by atoms with Gasteiger partial charge in [-0.3, -0.25) is 9.67 Å². The highest BCUT2D eigenvalue weighted by molar-refractivity contribution is 14.0. The van der Waals surface area contributed by atoms with Crippen molar-refractivity contribution < 1.29 is 0 Å². The Kier molecular flexibility index (Phi) is 7.54. The van der Waals surface area contributed by atoms with Crippen LogP contribution in [0.25, 0.3) is 0 Å². The maximum Gasteiger partial charge on any atom is 0.193 e. The average molecular weight is 427 g/mol. The van der Waals surface area contributed by atoms with E-state index in [2.05, 4.69) is 60.4 Å². The van der Waals surface area contributed by atoms with E-state index >= 15 is 0 Å². The number of rotatable bonds is 5. The molecule has 0 aliphatic rings. The molecule has 0 bridgehead atoms. The molecule has 0 unspecified atom stereocenters. The molecule has 0 amide bonds. The second-order valence-electron chi connectivity index (χ2n) is 5.77. The van der Waals surface area contributed by atoms with Crippen LogP contribution in [-0.4, -0.2) is 22.3 Å². The summed E-state index contributed by atoms with van der Waals surface area (Å²) >= 11 is 0. The Labute approximate surface area is 155 Å². The topological polar surface area (TPSA) is 68.2 Å². The molecular weight excluding hydrogens is 401 g/mol. The van der Waals surface area contributed by atoms with Gasteiger partial charge in [0.15, 0.2) is 5.96 Å². The van der Waals surface area contributed by atoms with E-state index in [0.29, 0.717) is 12.5 Å². The molecule has 0 saturated carbocycles. The largest absolute Gasteiger partial charge is 0.370 e. The molecule has 0 radical (unpaired) electrons. The first-order chi connectivity index (χ1) is 10.4.